The van der Waals surface area contributed by atoms with Crippen LogP contribution >= 0.6 is 11.3 Å². The first-order valence-electron chi connectivity index (χ1n) is 5.67. The van der Waals surface area contributed by atoms with Crippen molar-refractivity contribution in [3.63, 3.8) is 0 Å². The zero-order valence-corrected chi connectivity index (χ0v) is 10.9. The van der Waals surface area contributed by atoms with Gasteiger partial charge < -0.3 is 15.0 Å². The molecular formula is C12H17N3OS. The van der Waals surface area contributed by atoms with Crippen LogP contribution < -0.4 is 10.1 Å². The van der Waals surface area contributed by atoms with Crippen LogP contribution in [-0.2, 0) is 6.42 Å². The monoisotopic (exact) mass is 251 g/mol. The molecule has 0 aliphatic carbocycles. The largest absolute Gasteiger partial charge is 0.496 e. The van der Waals surface area contributed by atoms with Gasteiger partial charge in [0.2, 0.25) is 0 Å². The Balaban J connectivity index is 2.10. The Morgan fingerprint density at radius 2 is 2.47 bits per heavy atom. The quantitative estimate of drug-likeness (QED) is 0.828. The predicted octanol–water partition coefficient (Wildman–Crippen LogP) is 2.37. The van der Waals surface area contributed by atoms with E-state index in [0.717, 1.165) is 24.5 Å². The van der Waals surface area contributed by atoms with E-state index in [2.05, 4.69) is 28.3 Å². The van der Waals surface area contributed by atoms with Crippen molar-refractivity contribution in [1.82, 2.24) is 15.3 Å². The van der Waals surface area contributed by atoms with Gasteiger partial charge in [0.1, 0.15) is 11.6 Å². The van der Waals surface area contributed by atoms with Gasteiger partial charge in [-0.1, -0.05) is 6.92 Å². The molecule has 2 rings (SSSR count). The van der Waals surface area contributed by atoms with E-state index in [1.165, 1.54) is 4.88 Å². The molecule has 0 radical (unpaired) electrons. The van der Waals surface area contributed by atoms with Crippen molar-refractivity contribution in [2.45, 2.75) is 19.4 Å². The number of nitrogens with zero attached hydrogens (tertiary/aromatic N) is 1. The highest BCUT2D eigenvalue weighted by molar-refractivity contribution is 7.10. The molecule has 0 saturated heterocycles. The molecule has 17 heavy (non-hydrogen) atoms. The Morgan fingerprint density at radius 3 is 3.06 bits per heavy atom. The Hall–Kier alpha value is -1.33. The minimum Gasteiger partial charge on any atom is -0.496 e. The summed E-state index contributed by atoms with van der Waals surface area (Å²) in [5, 5.41) is 5.50. The van der Waals surface area contributed by atoms with Gasteiger partial charge in [-0.2, -0.15) is 0 Å². The topological polar surface area (TPSA) is 49.9 Å². The lowest BCUT2D eigenvalue weighted by Crippen LogP contribution is -2.22. The maximum absolute atomic E-state index is 5.22. The lowest BCUT2D eigenvalue weighted by atomic mass is 10.1. The standard InChI is InChI=1S/C12H17N3OS/c1-3-13-10(7-12-14-4-5-15-12)11-6-9(16-2)8-17-11/h4-6,8,10,13H,3,7H2,1-2H3,(H,14,15). The van der Waals surface area contributed by atoms with E-state index in [1.54, 1.807) is 24.6 Å². The summed E-state index contributed by atoms with van der Waals surface area (Å²) < 4.78 is 5.22. The number of nitrogens with one attached hydrogen (secondary N) is 2. The van der Waals surface area contributed by atoms with Crippen LogP contribution in [0.4, 0.5) is 0 Å². The zero-order valence-electron chi connectivity index (χ0n) is 10.1. The second-order valence-corrected chi connectivity index (χ2v) is 4.68. The van der Waals surface area contributed by atoms with Gasteiger partial charge in [-0.15, -0.1) is 11.3 Å². The Kier molecular flexibility index (Phi) is 4.17. The lowest BCUT2D eigenvalue weighted by molar-refractivity contribution is 0.415. The van der Waals surface area contributed by atoms with Gasteiger partial charge in [0.25, 0.3) is 0 Å². The highest BCUT2D eigenvalue weighted by Gasteiger charge is 2.15. The first-order chi connectivity index (χ1) is 8.33. The Bertz CT molecular complexity index is 438. The summed E-state index contributed by atoms with van der Waals surface area (Å²) >= 11 is 1.71. The molecule has 2 aromatic heterocycles. The maximum atomic E-state index is 5.22. The average molecular weight is 251 g/mol. The molecule has 4 nitrogen and oxygen atoms in total. The van der Waals surface area contributed by atoms with Gasteiger partial charge in [0.15, 0.2) is 0 Å². The third-order valence-corrected chi connectivity index (χ3v) is 3.60. The fraction of sp³-hybridized carbons (Fsp3) is 0.417. The first-order valence-corrected chi connectivity index (χ1v) is 6.55. The summed E-state index contributed by atoms with van der Waals surface area (Å²) in [6.07, 6.45) is 4.51. The van der Waals surface area contributed by atoms with E-state index in [-0.39, 0.29) is 0 Å². The zero-order chi connectivity index (χ0) is 12.1. The highest BCUT2D eigenvalue weighted by Crippen LogP contribution is 2.28. The van der Waals surface area contributed by atoms with Crippen molar-refractivity contribution in [2.75, 3.05) is 13.7 Å². The molecule has 0 bridgehead atoms. The third-order valence-electron chi connectivity index (χ3n) is 2.58. The van der Waals surface area contributed by atoms with E-state index in [9.17, 15) is 0 Å². The van der Waals surface area contributed by atoms with E-state index in [4.69, 9.17) is 4.74 Å². The van der Waals surface area contributed by atoms with Gasteiger partial charge in [0.05, 0.1) is 7.11 Å². The van der Waals surface area contributed by atoms with Crippen LogP contribution in [0, 0.1) is 0 Å². The molecule has 5 heteroatoms. The molecule has 0 aliphatic rings. The summed E-state index contributed by atoms with van der Waals surface area (Å²) in [5.41, 5.74) is 0. The summed E-state index contributed by atoms with van der Waals surface area (Å²) in [5.74, 6) is 1.93. The minimum atomic E-state index is 0.292. The number of aromatic nitrogens is 2. The number of hydrogen-bond donors (Lipinski definition) is 2. The fourth-order valence-electron chi connectivity index (χ4n) is 1.75. The molecule has 0 spiro atoms. The number of ether oxygens (including phenoxy) is 1. The summed E-state index contributed by atoms with van der Waals surface area (Å²) in [6, 6.07) is 2.38. The lowest BCUT2D eigenvalue weighted by Gasteiger charge is -2.14. The number of aromatic amines is 1. The van der Waals surface area contributed by atoms with Crippen LogP contribution in [0.15, 0.2) is 23.8 Å². The van der Waals surface area contributed by atoms with Crippen molar-refractivity contribution in [3.8, 4) is 5.75 Å². The van der Waals surface area contributed by atoms with Crippen LogP contribution in [-0.4, -0.2) is 23.6 Å². The number of hydrogen-bond acceptors (Lipinski definition) is 4. The number of imidazole rings is 1. The molecule has 1 unspecified atom stereocenters. The summed E-state index contributed by atoms with van der Waals surface area (Å²) in [6.45, 7) is 3.05. The van der Waals surface area contributed by atoms with E-state index >= 15 is 0 Å². The molecule has 1 atom stereocenters. The summed E-state index contributed by atoms with van der Waals surface area (Å²) in [4.78, 5) is 8.69. The van der Waals surface area contributed by atoms with Gasteiger partial charge >= 0.3 is 0 Å². The molecule has 0 aromatic carbocycles. The summed E-state index contributed by atoms with van der Waals surface area (Å²) in [7, 11) is 1.70. The Morgan fingerprint density at radius 1 is 1.59 bits per heavy atom. The number of rotatable bonds is 6. The van der Waals surface area contributed by atoms with E-state index in [0.29, 0.717) is 6.04 Å². The van der Waals surface area contributed by atoms with Crippen LogP contribution in [0.25, 0.3) is 0 Å². The van der Waals surface area contributed by atoms with Gasteiger partial charge in [-0.3, -0.25) is 0 Å². The van der Waals surface area contributed by atoms with E-state index in [1.807, 2.05) is 11.6 Å². The van der Waals surface area contributed by atoms with Crippen molar-refractivity contribution >= 4 is 11.3 Å². The predicted molar refractivity (Wildman–Crippen MR) is 69.6 cm³/mol. The number of likely N-dealkylation sites (N-methyl/N-ethyl adjacent to an activating group) is 1. The van der Waals surface area contributed by atoms with Crippen LogP contribution in [0.3, 0.4) is 0 Å². The molecule has 0 amide bonds. The number of methoxy groups -OCH3 is 1. The minimum absolute atomic E-state index is 0.292. The van der Waals surface area contributed by atoms with Crippen molar-refractivity contribution < 1.29 is 4.74 Å². The normalized spacial score (nSPS) is 12.6. The Labute approximate surface area is 105 Å². The van der Waals surface area contributed by atoms with Crippen molar-refractivity contribution in [1.29, 1.82) is 0 Å². The molecule has 0 saturated carbocycles. The molecule has 92 valence electrons. The second kappa shape index (κ2) is 5.84. The smallest absolute Gasteiger partial charge is 0.129 e. The molecule has 2 aromatic rings. The average Bonchev–Trinajstić information content (AvgIpc) is 2.99. The molecule has 0 fully saturated rings. The maximum Gasteiger partial charge on any atom is 0.129 e. The van der Waals surface area contributed by atoms with E-state index < -0.39 is 0 Å². The molecular weight excluding hydrogens is 234 g/mol. The van der Waals surface area contributed by atoms with Crippen molar-refractivity contribution in [2.24, 2.45) is 0 Å². The molecule has 0 aliphatic heterocycles. The highest BCUT2D eigenvalue weighted by atomic mass is 32.1. The first kappa shape index (κ1) is 12.1. The number of H-pyrrole nitrogens is 1. The SMILES string of the molecule is CCNC(Cc1ncc[nH]1)c1cc(OC)cs1. The van der Waals surface area contributed by atoms with Crippen LogP contribution in [0.1, 0.15) is 23.7 Å². The number of thiophene rings is 1. The molecule has 2 N–H and O–H groups in total. The molecule has 2 heterocycles. The van der Waals surface area contributed by atoms with Crippen LogP contribution in [0.2, 0.25) is 0 Å². The van der Waals surface area contributed by atoms with Gasteiger partial charge in [0, 0.05) is 35.1 Å². The fourth-order valence-corrected chi connectivity index (χ4v) is 2.68. The second-order valence-electron chi connectivity index (χ2n) is 3.74. The third kappa shape index (κ3) is 3.08. The van der Waals surface area contributed by atoms with Gasteiger partial charge in [-0.05, 0) is 12.6 Å². The van der Waals surface area contributed by atoms with Crippen LogP contribution in [0.5, 0.6) is 5.75 Å². The van der Waals surface area contributed by atoms with Crippen molar-refractivity contribution in [3.05, 3.63) is 34.5 Å². The van der Waals surface area contributed by atoms with Gasteiger partial charge in [-0.25, -0.2) is 4.98 Å².